The van der Waals surface area contributed by atoms with Crippen LogP contribution in [-0.2, 0) is 28.6 Å². The zero-order chi connectivity index (χ0) is 47.9. The first-order chi connectivity index (χ1) is 32.5. The molecule has 1 atom stereocenters. The zero-order valence-corrected chi connectivity index (χ0v) is 43.7. The fraction of sp³-hybridized carbons (Fsp3) is 0.783. The van der Waals surface area contributed by atoms with Gasteiger partial charge in [-0.2, -0.15) is 0 Å². The third kappa shape index (κ3) is 52.1. The Morgan fingerprint density at radius 1 is 0.318 bits per heavy atom. The lowest BCUT2D eigenvalue weighted by Gasteiger charge is -2.18. The fourth-order valence-electron chi connectivity index (χ4n) is 7.98. The molecule has 0 aliphatic carbocycles. The SMILES string of the molecule is CC/C=C\C/C=C\C/C=C\CCCCCC(=O)OCC(COC(=O)CCCCCCCCC/C=C\CCCCCCCCC)OC(=O)CCCCCCCCC/C=C\CCCCCCCC. The smallest absolute Gasteiger partial charge is 0.306 e. The normalized spacial score (nSPS) is 12.5. The summed E-state index contributed by atoms with van der Waals surface area (Å²) in [6, 6.07) is 0. The first-order valence-electron chi connectivity index (χ1n) is 28.3. The largest absolute Gasteiger partial charge is 0.462 e. The quantitative estimate of drug-likeness (QED) is 0.0262. The number of allylic oxidation sites excluding steroid dienone is 10. The average Bonchev–Trinajstić information content (AvgIpc) is 3.31. The molecule has 0 N–H and O–H groups in total. The Bertz CT molecular complexity index is 1200. The van der Waals surface area contributed by atoms with Crippen molar-refractivity contribution in [1.29, 1.82) is 0 Å². The number of esters is 3. The Hall–Kier alpha value is -2.89. The van der Waals surface area contributed by atoms with E-state index in [4.69, 9.17) is 14.2 Å². The summed E-state index contributed by atoms with van der Waals surface area (Å²) < 4.78 is 16.8. The summed E-state index contributed by atoms with van der Waals surface area (Å²) in [7, 11) is 0. The molecule has 0 amide bonds. The minimum Gasteiger partial charge on any atom is -0.462 e. The van der Waals surface area contributed by atoms with E-state index in [1.807, 2.05) is 0 Å². The van der Waals surface area contributed by atoms with Crippen molar-refractivity contribution in [3.05, 3.63) is 60.8 Å². The highest BCUT2D eigenvalue weighted by Gasteiger charge is 2.19. The van der Waals surface area contributed by atoms with E-state index in [1.165, 1.54) is 161 Å². The van der Waals surface area contributed by atoms with Gasteiger partial charge in [-0.25, -0.2) is 0 Å². The van der Waals surface area contributed by atoms with Crippen LogP contribution in [-0.4, -0.2) is 37.2 Å². The molecule has 0 saturated carbocycles. The lowest BCUT2D eigenvalue weighted by atomic mass is 10.1. The van der Waals surface area contributed by atoms with Gasteiger partial charge in [0.05, 0.1) is 0 Å². The van der Waals surface area contributed by atoms with Crippen LogP contribution >= 0.6 is 0 Å². The van der Waals surface area contributed by atoms with Crippen molar-refractivity contribution in [1.82, 2.24) is 0 Å². The fourth-order valence-corrected chi connectivity index (χ4v) is 7.98. The van der Waals surface area contributed by atoms with Crippen molar-refractivity contribution in [3.8, 4) is 0 Å². The number of ether oxygens (including phenoxy) is 3. The summed E-state index contributed by atoms with van der Waals surface area (Å²) in [5, 5.41) is 0. The van der Waals surface area contributed by atoms with Crippen molar-refractivity contribution in [2.24, 2.45) is 0 Å². The molecule has 1 unspecified atom stereocenters. The van der Waals surface area contributed by atoms with Crippen LogP contribution in [0.3, 0.4) is 0 Å². The predicted molar refractivity (Wildman–Crippen MR) is 284 cm³/mol. The van der Waals surface area contributed by atoms with E-state index >= 15 is 0 Å². The molecule has 0 aliphatic rings. The van der Waals surface area contributed by atoms with Gasteiger partial charge >= 0.3 is 17.9 Å². The lowest BCUT2D eigenvalue weighted by Crippen LogP contribution is -2.30. The van der Waals surface area contributed by atoms with Gasteiger partial charge in [0.1, 0.15) is 13.2 Å². The Morgan fingerprint density at radius 2 is 0.591 bits per heavy atom. The van der Waals surface area contributed by atoms with E-state index in [0.717, 1.165) is 83.5 Å². The molecule has 0 aromatic carbocycles. The van der Waals surface area contributed by atoms with Gasteiger partial charge in [-0.3, -0.25) is 14.4 Å². The molecule has 0 aromatic heterocycles. The third-order valence-corrected chi connectivity index (χ3v) is 12.2. The monoisotopic (exact) mass is 923 g/mol. The number of hydrogen-bond donors (Lipinski definition) is 0. The van der Waals surface area contributed by atoms with Crippen molar-refractivity contribution in [2.45, 2.75) is 290 Å². The van der Waals surface area contributed by atoms with Gasteiger partial charge in [0.15, 0.2) is 6.10 Å². The summed E-state index contributed by atoms with van der Waals surface area (Å²) in [5.41, 5.74) is 0. The number of rotatable bonds is 51. The summed E-state index contributed by atoms with van der Waals surface area (Å²) in [5.74, 6) is -0.917. The molecule has 382 valence electrons. The van der Waals surface area contributed by atoms with Crippen LogP contribution in [0.1, 0.15) is 284 Å². The highest BCUT2D eigenvalue weighted by molar-refractivity contribution is 5.71. The second-order valence-electron chi connectivity index (χ2n) is 18.8. The molecule has 0 rings (SSSR count). The van der Waals surface area contributed by atoms with Gasteiger partial charge in [0, 0.05) is 19.3 Å². The van der Waals surface area contributed by atoms with Crippen molar-refractivity contribution in [3.63, 3.8) is 0 Å². The number of carbonyl (C=O) groups is 3. The summed E-state index contributed by atoms with van der Waals surface area (Å²) in [4.78, 5) is 38.1. The average molecular weight is 924 g/mol. The number of unbranched alkanes of at least 4 members (excludes halogenated alkanes) is 30. The Balaban J connectivity index is 4.39. The van der Waals surface area contributed by atoms with Crippen LogP contribution in [0, 0.1) is 0 Å². The van der Waals surface area contributed by atoms with Crippen LogP contribution in [0.2, 0.25) is 0 Å². The second-order valence-corrected chi connectivity index (χ2v) is 18.8. The molecular formula is C60H106O6. The first-order valence-corrected chi connectivity index (χ1v) is 28.3. The second kappa shape index (κ2) is 54.7. The van der Waals surface area contributed by atoms with E-state index < -0.39 is 6.10 Å². The van der Waals surface area contributed by atoms with E-state index in [9.17, 15) is 14.4 Å². The molecule has 0 aliphatic heterocycles. The standard InChI is InChI=1S/C60H106O6/c1-4-7-10-13-16-19-22-25-27-29-31-32-35-38-41-44-47-50-53-59(62)65-56-57(55-64-58(61)52-49-46-43-40-37-34-24-21-18-15-12-9-6-3)66-60(63)54-51-48-45-42-39-36-33-30-28-26-23-20-17-14-11-8-5-2/h9,12,18,21,26-29,34,37,57H,4-8,10-11,13-17,19-20,22-25,30-33,35-36,38-56H2,1-3H3/b12-9-,21-18-,28-26-,29-27-,37-34-. The molecule has 0 bridgehead atoms. The first kappa shape index (κ1) is 63.1. The topological polar surface area (TPSA) is 78.9 Å². The zero-order valence-electron chi connectivity index (χ0n) is 43.7. The minimum atomic E-state index is -0.790. The molecule has 0 fully saturated rings. The van der Waals surface area contributed by atoms with Crippen molar-refractivity contribution in [2.75, 3.05) is 13.2 Å². The van der Waals surface area contributed by atoms with Gasteiger partial charge in [0.2, 0.25) is 0 Å². The van der Waals surface area contributed by atoms with Gasteiger partial charge in [0.25, 0.3) is 0 Å². The summed E-state index contributed by atoms with van der Waals surface area (Å²) >= 11 is 0. The molecule has 6 nitrogen and oxygen atoms in total. The van der Waals surface area contributed by atoms with Gasteiger partial charge in [-0.1, -0.05) is 223 Å². The minimum absolute atomic E-state index is 0.0868. The Labute approximate surface area is 409 Å². The van der Waals surface area contributed by atoms with E-state index in [1.54, 1.807) is 0 Å². The van der Waals surface area contributed by atoms with Gasteiger partial charge in [-0.15, -0.1) is 0 Å². The maximum absolute atomic E-state index is 12.8. The van der Waals surface area contributed by atoms with Crippen LogP contribution < -0.4 is 0 Å². The molecule has 66 heavy (non-hydrogen) atoms. The molecule has 0 saturated heterocycles. The van der Waals surface area contributed by atoms with Crippen LogP contribution in [0.15, 0.2) is 60.8 Å². The highest BCUT2D eigenvalue weighted by atomic mass is 16.6. The summed E-state index contributed by atoms with van der Waals surface area (Å²) in [6.45, 7) is 6.51. The third-order valence-electron chi connectivity index (χ3n) is 12.2. The molecule has 0 spiro atoms. The van der Waals surface area contributed by atoms with Crippen molar-refractivity contribution >= 4 is 17.9 Å². The maximum Gasteiger partial charge on any atom is 0.306 e. The lowest BCUT2D eigenvalue weighted by molar-refractivity contribution is -0.167. The number of hydrogen-bond acceptors (Lipinski definition) is 6. The Morgan fingerprint density at radius 3 is 0.955 bits per heavy atom. The summed E-state index contributed by atoms with van der Waals surface area (Å²) in [6.07, 6.45) is 67.8. The van der Waals surface area contributed by atoms with Crippen LogP contribution in [0.25, 0.3) is 0 Å². The highest BCUT2D eigenvalue weighted by Crippen LogP contribution is 2.15. The molecular weight excluding hydrogens is 817 g/mol. The van der Waals surface area contributed by atoms with Gasteiger partial charge in [-0.05, 0) is 103 Å². The molecule has 0 radical (unpaired) electrons. The van der Waals surface area contributed by atoms with Crippen molar-refractivity contribution < 1.29 is 28.6 Å². The maximum atomic E-state index is 12.8. The Kier molecular flexibility index (Phi) is 52.3. The molecule has 0 aromatic rings. The predicted octanol–water partition coefficient (Wildman–Crippen LogP) is 18.8. The van der Waals surface area contributed by atoms with E-state index in [-0.39, 0.29) is 31.1 Å². The van der Waals surface area contributed by atoms with Gasteiger partial charge < -0.3 is 14.2 Å². The molecule has 6 heteroatoms. The van der Waals surface area contributed by atoms with E-state index in [2.05, 4.69) is 81.5 Å². The van der Waals surface area contributed by atoms with Crippen LogP contribution in [0.5, 0.6) is 0 Å². The van der Waals surface area contributed by atoms with E-state index in [0.29, 0.717) is 19.3 Å². The number of carbonyl (C=O) groups excluding carboxylic acids is 3. The van der Waals surface area contributed by atoms with Crippen LogP contribution in [0.4, 0.5) is 0 Å². The molecule has 0 heterocycles.